The number of fused-ring (bicyclic) bond motifs is 4. The first kappa shape index (κ1) is 59.2. The molecule has 0 saturated carbocycles. The summed E-state index contributed by atoms with van der Waals surface area (Å²) in [5, 5.41) is 33.4. The number of nitrogens with two attached hydrogens (primary N) is 1. The molecular weight excluding hydrogens is 1130 g/mol. The van der Waals surface area contributed by atoms with E-state index in [9.17, 15) is 62.7 Å². The van der Waals surface area contributed by atoms with Crippen LogP contribution >= 0.6 is 15.6 Å². The fraction of sp³-hybridized carbons (Fsp3) is 0.478. The third kappa shape index (κ3) is 13.4. The van der Waals surface area contributed by atoms with Crippen molar-refractivity contribution in [1.29, 1.82) is 0 Å². The van der Waals surface area contributed by atoms with Crippen molar-refractivity contribution in [2.45, 2.75) is 114 Å². The first-order valence-electron chi connectivity index (χ1n) is 25.3. The highest BCUT2D eigenvalue weighted by atomic mass is 31.2. The number of carbonyl (C=O) groups excluding carboxylic acids is 6. The Kier molecular flexibility index (Phi) is 17.7. The third-order valence-corrected chi connectivity index (χ3v) is 15.3. The Hall–Kier alpha value is -7.46. The van der Waals surface area contributed by atoms with Crippen molar-refractivity contribution in [2.75, 3.05) is 36.1 Å². The first-order valence-corrected chi connectivity index (χ1v) is 28.3. The molecule has 440 valence electrons. The molecule has 0 bridgehead atoms. The van der Waals surface area contributed by atoms with Crippen LogP contribution in [0.4, 0.5) is 22.2 Å². The summed E-state index contributed by atoms with van der Waals surface area (Å²) in [6, 6.07) is 4.26. The van der Waals surface area contributed by atoms with Gasteiger partial charge in [-0.25, -0.2) is 33.9 Å². The van der Waals surface area contributed by atoms with E-state index in [0.29, 0.717) is 30.5 Å². The number of amides is 6. The van der Waals surface area contributed by atoms with Crippen molar-refractivity contribution >= 4 is 91.1 Å². The number of hydrogen-bond donors (Lipinski definition) is 10. The zero-order valence-corrected chi connectivity index (χ0v) is 45.4. The number of H-pyrrole nitrogens is 1. The zero-order chi connectivity index (χ0) is 58.8. The molecule has 8 unspecified atom stereocenters. The molecule has 11 N–H and O–H groups in total. The second-order valence-electron chi connectivity index (χ2n) is 19.5. The van der Waals surface area contributed by atoms with Crippen LogP contribution in [0.2, 0.25) is 0 Å². The van der Waals surface area contributed by atoms with Gasteiger partial charge in [-0.1, -0.05) is 32.4 Å². The van der Waals surface area contributed by atoms with E-state index >= 15 is 0 Å². The van der Waals surface area contributed by atoms with Crippen LogP contribution in [0.1, 0.15) is 64.5 Å². The van der Waals surface area contributed by atoms with Gasteiger partial charge in [-0.3, -0.25) is 71.2 Å². The standard InChI is InChI=1S/C46H56N14O20P2/c1-21(2)30(54-27(61)7-5-4-6-14-58-28(62)12-13-29(58)63)41(67)52-22(3)40(66)53-24-10-8-23(9-11-24)15-74-46(69)55-37-31-38(49-18-48-37)59(19-50-31)43-33(64)35-25(77-43)16-75-82(72,73)80-36-26(17-76-81(70,71)79-35)78-44(34(36)65)60-20-51-32-39(60)56-45(47)57-42(32)68/h8-13,18-22,25-26,30,33-36,43-44,64-65H,4-7,14-17H2,1-3H3,(H,52,67)(H,53,66)(H,54,61)(H,70,71)(H,72,73)(H3,47,56,57,68)(H,48,49,55,69)/t22?,25-,26-,30?,33?,34?,35?,36?,43-,44-/m1/s1. The molecule has 9 rings (SSSR count). The van der Waals surface area contributed by atoms with Crippen molar-refractivity contribution < 1.29 is 90.2 Å². The molecule has 12 atom stereocenters. The summed E-state index contributed by atoms with van der Waals surface area (Å²) in [4.78, 5) is 133. The Morgan fingerprint density at radius 2 is 1.38 bits per heavy atom. The number of phosphoric acid groups is 2. The van der Waals surface area contributed by atoms with E-state index in [-0.39, 0.29) is 77.3 Å². The molecule has 0 radical (unpaired) electrons. The number of anilines is 3. The summed E-state index contributed by atoms with van der Waals surface area (Å²) in [6.07, 6.45) is -7.25. The van der Waals surface area contributed by atoms with E-state index in [0.717, 1.165) is 33.0 Å². The number of nitrogens with zero attached hydrogens (tertiary/aromatic N) is 8. The number of imide groups is 1. The molecule has 34 nitrogen and oxygen atoms in total. The number of benzene rings is 1. The number of rotatable bonds is 17. The molecule has 4 aliphatic heterocycles. The molecular formula is C46H56N14O20P2. The van der Waals surface area contributed by atoms with Crippen LogP contribution in [-0.2, 0) is 72.0 Å². The highest BCUT2D eigenvalue weighted by Crippen LogP contribution is 2.54. The van der Waals surface area contributed by atoms with Crippen LogP contribution < -0.4 is 32.6 Å². The molecule has 36 heteroatoms. The normalized spacial score (nSPS) is 27.3. The fourth-order valence-electron chi connectivity index (χ4n) is 9.14. The van der Waals surface area contributed by atoms with Crippen LogP contribution in [0.15, 0.2) is 60.2 Å². The monoisotopic (exact) mass is 1190 g/mol. The van der Waals surface area contributed by atoms with Crippen LogP contribution in [-0.4, -0.2) is 168 Å². The topological polar surface area (TPSA) is 467 Å². The maximum atomic E-state index is 13.5. The number of imidazole rings is 2. The van der Waals surface area contributed by atoms with Crippen LogP contribution in [0.25, 0.3) is 22.3 Å². The van der Waals surface area contributed by atoms with E-state index in [4.69, 9.17) is 38.0 Å². The predicted molar refractivity (Wildman–Crippen MR) is 277 cm³/mol. The van der Waals surface area contributed by atoms with Crippen molar-refractivity contribution in [3.05, 3.63) is 71.3 Å². The van der Waals surface area contributed by atoms with Gasteiger partial charge in [0.1, 0.15) is 61.6 Å². The van der Waals surface area contributed by atoms with Crippen molar-refractivity contribution in [3.8, 4) is 0 Å². The Morgan fingerprint density at radius 1 is 0.780 bits per heavy atom. The second-order valence-corrected chi connectivity index (χ2v) is 22.3. The Labute approximate surface area is 462 Å². The van der Waals surface area contributed by atoms with Gasteiger partial charge in [-0.15, -0.1) is 0 Å². The number of nitrogens with one attached hydrogen (secondary N) is 5. The molecule has 6 amide bonds. The van der Waals surface area contributed by atoms with Gasteiger partial charge in [0.2, 0.25) is 23.7 Å². The number of phosphoric ester groups is 2. The van der Waals surface area contributed by atoms with E-state index < -0.39 is 113 Å². The summed E-state index contributed by atoms with van der Waals surface area (Å²) >= 11 is 0. The van der Waals surface area contributed by atoms with Gasteiger partial charge in [-0.2, -0.15) is 4.98 Å². The van der Waals surface area contributed by atoms with Gasteiger partial charge in [0, 0.05) is 30.8 Å². The molecule has 3 fully saturated rings. The van der Waals surface area contributed by atoms with E-state index in [1.165, 1.54) is 31.2 Å². The van der Waals surface area contributed by atoms with Gasteiger partial charge < -0.3 is 55.9 Å². The maximum Gasteiger partial charge on any atom is 0.472 e. The van der Waals surface area contributed by atoms with Crippen molar-refractivity contribution in [2.24, 2.45) is 5.92 Å². The number of nitrogen functional groups attached to an aromatic ring is 1. The molecule has 5 aromatic rings. The van der Waals surface area contributed by atoms with Gasteiger partial charge in [0.15, 0.2) is 40.6 Å². The maximum absolute atomic E-state index is 13.5. The molecule has 8 heterocycles. The predicted octanol–water partition coefficient (Wildman–Crippen LogP) is -0.106. The average Bonchev–Trinajstić information content (AvgIpc) is 4.29. The number of aromatic nitrogens is 8. The molecule has 0 spiro atoms. The largest absolute Gasteiger partial charge is 0.472 e. The summed E-state index contributed by atoms with van der Waals surface area (Å²) < 4.78 is 67.4. The number of aliphatic hydroxyl groups excluding tert-OH is 2. The van der Waals surface area contributed by atoms with Crippen LogP contribution in [0.3, 0.4) is 0 Å². The smallest absolute Gasteiger partial charge is 0.444 e. The number of carbonyl (C=O) groups is 6. The number of unbranched alkanes of at least 4 members (excludes halogenated alkanes) is 2. The summed E-state index contributed by atoms with van der Waals surface area (Å²) in [6.45, 7) is 3.10. The van der Waals surface area contributed by atoms with Crippen molar-refractivity contribution in [3.63, 3.8) is 0 Å². The molecule has 3 saturated heterocycles. The highest BCUT2D eigenvalue weighted by molar-refractivity contribution is 7.47. The Balaban J connectivity index is 0.757. The van der Waals surface area contributed by atoms with Gasteiger partial charge >= 0.3 is 21.7 Å². The molecule has 4 aliphatic rings. The third-order valence-electron chi connectivity index (χ3n) is 13.3. The van der Waals surface area contributed by atoms with E-state index in [2.05, 4.69) is 51.2 Å². The molecule has 4 aromatic heterocycles. The minimum atomic E-state index is -5.22. The lowest BCUT2D eigenvalue weighted by Crippen LogP contribution is -2.53. The van der Waals surface area contributed by atoms with Gasteiger partial charge in [-0.05, 0) is 43.4 Å². The molecule has 1 aromatic carbocycles. The molecule has 0 aliphatic carbocycles. The summed E-state index contributed by atoms with van der Waals surface area (Å²) in [5.74, 6) is -3.02. The lowest BCUT2D eigenvalue weighted by Gasteiger charge is -2.27. The fourth-order valence-corrected chi connectivity index (χ4v) is 11.1. The minimum absolute atomic E-state index is 0.0504. The quantitative estimate of drug-likeness (QED) is 0.0330. The highest BCUT2D eigenvalue weighted by Gasteiger charge is 2.54. The van der Waals surface area contributed by atoms with E-state index in [1.807, 2.05) is 0 Å². The lowest BCUT2D eigenvalue weighted by atomic mass is 10.0. The average molecular weight is 1190 g/mol. The van der Waals surface area contributed by atoms with E-state index in [1.54, 1.807) is 26.0 Å². The Bertz CT molecular complexity index is 3430. The van der Waals surface area contributed by atoms with Crippen LogP contribution in [0.5, 0.6) is 0 Å². The lowest BCUT2D eigenvalue weighted by molar-refractivity contribution is -0.137. The van der Waals surface area contributed by atoms with Gasteiger partial charge in [0.25, 0.3) is 17.4 Å². The minimum Gasteiger partial charge on any atom is -0.444 e. The second kappa shape index (κ2) is 24.6. The first-order chi connectivity index (χ1) is 39.0. The molecule has 82 heavy (non-hydrogen) atoms. The summed E-state index contributed by atoms with van der Waals surface area (Å²) in [5.41, 5.74) is 5.35. The number of ether oxygens (including phenoxy) is 3. The SMILES string of the molecule is CC(NC(=O)C(NC(=O)CCCCCN1C(=O)C=CC1=O)C(C)C)C(=O)Nc1ccc(COC(=O)Nc2ncnc3c2ncn3[C@@H]2O[C@@H]3COP(=O)(O)OC4C(O)[C@H](n5cnc6c(=O)[nH]c(N)nc65)O[C@@H]4COP(=O)(O)OC3C2O)cc1. The Morgan fingerprint density at radius 3 is 1.99 bits per heavy atom. The summed E-state index contributed by atoms with van der Waals surface area (Å²) in [7, 11) is -10.4. The van der Waals surface area contributed by atoms with Gasteiger partial charge in [0.05, 0.1) is 25.9 Å². The van der Waals surface area contributed by atoms with Crippen LogP contribution in [0, 0.1) is 5.92 Å². The van der Waals surface area contributed by atoms with Crippen molar-refractivity contribution in [1.82, 2.24) is 54.6 Å². The number of aliphatic hydroxyl groups is 2. The zero-order valence-electron chi connectivity index (χ0n) is 43.6. The number of hydrogen-bond acceptors (Lipinski definition) is 24. The number of aromatic amines is 1.